The summed E-state index contributed by atoms with van der Waals surface area (Å²) < 4.78 is 16.1. The molecule has 1 saturated heterocycles. The molecule has 1 aliphatic rings. The van der Waals surface area contributed by atoms with E-state index in [1.54, 1.807) is 32.2 Å². The molecule has 1 unspecified atom stereocenters. The molecule has 0 saturated carbocycles. The number of phenolic OH excluding ortho intramolecular Hbond substituents is 1. The first-order valence-electron chi connectivity index (χ1n) is 11.1. The number of methoxy groups -OCH3 is 2. The summed E-state index contributed by atoms with van der Waals surface area (Å²) in [6.45, 7) is 6.48. The zero-order valence-corrected chi connectivity index (χ0v) is 20.2. The van der Waals surface area contributed by atoms with Crippen LogP contribution >= 0.6 is 0 Å². The number of aryl methyl sites for hydroxylation is 2. The van der Waals surface area contributed by atoms with E-state index in [0.717, 1.165) is 11.1 Å². The van der Waals surface area contributed by atoms with Crippen molar-refractivity contribution in [3.8, 4) is 17.2 Å². The van der Waals surface area contributed by atoms with Crippen LogP contribution in [0.1, 0.15) is 41.6 Å². The normalized spacial score (nSPS) is 17.3. The lowest BCUT2D eigenvalue weighted by Gasteiger charge is -2.26. The Bertz CT molecular complexity index is 1120. The number of benzene rings is 2. The van der Waals surface area contributed by atoms with E-state index in [4.69, 9.17) is 14.2 Å². The third kappa shape index (κ3) is 4.72. The van der Waals surface area contributed by atoms with Crippen LogP contribution in [0.25, 0.3) is 5.76 Å². The zero-order valence-electron chi connectivity index (χ0n) is 20.2. The van der Waals surface area contributed by atoms with Crippen molar-refractivity contribution in [2.75, 3.05) is 34.0 Å². The van der Waals surface area contributed by atoms with E-state index in [1.807, 2.05) is 19.9 Å². The number of phenols is 1. The summed E-state index contributed by atoms with van der Waals surface area (Å²) in [5, 5.41) is 21.6. The number of aromatic hydroxyl groups is 1. The van der Waals surface area contributed by atoms with E-state index in [9.17, 15) is 19.8 Å². The number of rotatable bonds is 9. The van der Waals surface area contributed by atoms with Crippen LogP contribution < -0.4 is 9.47 Å². The Morgan fingerprint density at radius 2 is 1.85 bits per heavy atom. The molecule has 0 radical (unpaired) electrons. The van der Waals surface area contributed by atoms with Gasteiger partial charge in [0.1, 0.15) is 11.5 Å². The van der Waals surface area contributed by atoms with Crippen molar-refractivity contribution in [3.63, 3.8) is 0 Å². The van der Waals surface area contributed by atoms with E-state index in [1.165, 1.54) is 18.1 Å². The van der Waals surface area contributed by atoms with Gasteiger partial charge >= 0.3 is 0 Å². The minimum atomic E-state index is -0.873. The van der Waals surface area contributed by atoms with Gasteiger partial charge in [-0.05, 0) is 62.1 Å². The second-order valence-corrected chi connectivity index (χ2v) is 8.16. The third-order valence-electron chi connectivity index (χ3n) is 5.77. The number of aliphatic hydroxyl groups excluding tert-OH is 1. The number of Topliss-reactive ketones (excluding diaryl/α,β-unsaturated/α-hetero) is 1. The summed E-state index contributed by atoms with van der Waals surface area (Å²) >= 11 is 0. The Hall–Kier alpha value is -3.52. The number of nitrogens with zero attached hydrogens (tertiary/aromatic N) is 1. The number of carbonyl (C=O) groups is 2. The second kappa shape index (κ2) is 10.6. The van der Waals surface area contributed by atoms with Gasteiger partial charge in [-0.3, -0.25) is 9.59 Å². The zero-order chi connectivity index (χ0) is 25.0. The molecule has 1 amide bonds. The highest BCUT2D eigenvalue weighted by Crippen LogP contribution is 2.43. The molecular formula is C26H31NO7. The first-order chi connectivity index (χ1) is 16.2. The van der Waals surface area contributed by atoms with Crippen molar-refractivity contribution in [1.82, 2.24) is 4.90 Å². The fraction of sp³-hybridized carbons (Fsp3) is 0.385. The molecular weight excluding hydrogens is 438 g/mol. The van der Waals surface area contributed by atoms with Crippen LogP contribution in [0.2, 0.25) is 0 Å². The number of likely N-dealkylation sites (tertiary alicyclic amines) is 1. The average Bonchev–Trinajstić information content (AvgIpc) is 3.05. The smallest absolute Gasteiger partial charge is 0.295 e. The number of hydrogen-bond donors (Lipinski definition) is 2. The maximum atomic E-state index is 13.2. The maximum absolute atomic E-state index is 13.2. The van der Waals surface area contributed by atoms with E-state index in [-0.39, 0.29) is 29.4 Å². The van der Waals surface area contributed by atoms with Gasteiger partial charge in [-0.2, -0.15) is 0 Å². The van der Waals surface area contributed by atoms with Crippen LogP contribution in [0.5, 0.6) is 17.2 Å². The Balaban J connectivity index is 2.25. The number of carbonyl (C=O) groups excluding carboxylic acids is 2. The van der Waals surface area contributed by atoms with E-state index in [2.05, 4.69) is 0 Å². The van der Waals surface area contributed by atoms with Crippen LogP contribution in [0, 0.1) is 13.8 Å². The summed E-state index contributed by atoms with van der Waals surface area (Å²) in [4.78, 5) is 27.7. The number of aliphatic hydroxyl groups is 1. The quantitative estimate of drug-likeness (QED) is 0.249. The number of hydrogen-bond acceptors (Lipinski definition) is 7. The van der Waals surface area contributed by atoms with Gasteiger partial charge in [0, 0.05) is 20.3 Å². The van der Waals surface area contributed by atoms with Crippen molar-refractivity contribution < 1.29 is 34.0 Å². The Labute approximate surface area is 199 Å². The van der Waals surface area contributed by atoms with Gasteiger partial charge in [0.15, 0.2) is 11.5 Å². The van der Waals surface area contributed by atoms with Gasteiger partial charge < -0.3 is 29.3 Å². The molecule has 3 rings (SSSR count). The number of ketones is 1. The van der Waals surface area contributed by atoms with E-state index in [0.29, 0.717) is 36.5 Å². The SMILES string of the molecule is CCOc1cc(C2/C(=C(\O)c3cc(C)cc(C)c3OC)C(=O)C(=O)N2CCCOC)ccc1O. The Kier molecular flexibility index (Phi) is 7.83. The molecule has 0 bridgehead atoms. The van der Waals surface area contributed by atoms with Crippen LogP contribution in [0.4, 0.5) is 0 Å². The molecule has 0 spiro atoms. The largest absolute Gasteiger partial charge is 0.507 e. The summed E-state index contributed by atoms with van der Waals surface area (Å²) in [6.07, 6.45) is 0.503. The van der Waals surface area contributed by atoms with Gasteiger partial charge in [0.25, 0.3) is 11.7 Å². The average molecular weight is 470 g/mol. The minimum Gasteiger partial charge on any atom is -0.507 e. The molecule has 8 nitrogen and oxygen atoms in total. The van der Waals surface area contributed by atoms with Gasteiger partial charge in [-0.15, -0.1) is 0 Å². The van der Waals surface area contributed by atoms with Crippen LogP contribution in [0.15, 0.2) is 35.9 Å². The van der Waals surface area contributed by atoms with Crippen molar-refractivity contribution in [1.29, 1.82) is 0 Å². The molecule has 182 valence electrons. The first-order valence-corrected chi connectivity index (χ1v) is 11.1. The van der Waals surface area contributed by atoms with Gasteiger partial charge in [0.2, 0.25) is 0 Å². The second-order valence-electron chi connectivity index (χ2n) is 8.16. The van der Waals surface area contributed by atoms with Crippen molar-refractivity contribution in [3.05, 3.63) is 58.2 Å². The van der Waals surface area contributed by atoms with Crippen LogP contribution in [-0.2, 0) is 14.3 Å². The van der Waals surface area contributed by atoms with Crippen molar-refractivity contribution >= 4 is 17.4 Å². The summed E-state index contributed by atoms with van der Waals surface area (Å²) in [5.74, 6) is -1.21. The standard InChI is InChI=1S/C26H31NO7/c1-6-34-20-14-17(8-9-19(20)28)22-21(24(30)26(31)27(22)10-7-11-32-4)23(29)18-13-15(2)12-16(3)25(18)33-5/h8-9,12-14,22,28-29H,6-7,10-11H2,1-5H3/b23-21+. The molecule has 8 heteroatoms. The highest BCUT2D eigenvalue weighted by Gasteiger charge is 2.46. The first kappa shape index (κ1) is 25.1. The van der Waals surface area contributed by atoms with Gasteiger partial charge in [-0.25, -0.2) is 0 Å². The van der Waals surface area contributed by atoms with Crippen LogP contribution in [-0.4, -0.2) is 60.8 Å². The molecule has 0 aliphatic carbocycles. The summed E-state index contributed by atoms with van der Waals surface area (Å²) in [7, 11) is 3.05. The third-order valence-corrected chi connectivity index (χ3v) is 5.77. The topological polar surface area (TPSA) is 106 Å². The van der Waals surface area contributed by atoms with Gasteiger partial charge in [-0.1, -0.05) is 12.1 Å². The van der Waals surface area contributed by atoms with Gasteiger partial charge in [0.05, 0.1) is 30.9 Å². The fourth-order valence-corrected chi connectivity index (χ4v) is 4.35. The number of amides is 1. The predicted molar refractivity (Wildman–Crippen MR) is 127 cm³/mol. The lowest BCUT2D eigenvalue weighted by Crippen LogP contribution is -2.31. The Morgan fingerprint density at radius 3 is 2.50 bits per heavy atom. The molecule has 2 aromatic carbocycles. The Morgan fingerprint density at radius 1 is 1.12 bits per heavy atom. The number of ether oxygens (including phenoxy) is 3. The highest BCUT2D eigenvalue weighted by atomic mass is 16.5. The van der Waals surface area contributed by atoms with E-state index < -0.39 is 17.7 Å². The monoisotopic (exact) mass is 469 g/mol. The van der Waals surface area contributed by atoms with Crippen molar-refractivity contribution in [2.45, 2.75) is 33.2 Å². The molecule has 2 N–H and O–H groups in total. The molecule has 34 heavy (non-hydrogen) atoms. The molecule has 1 heterocycles. The highest BCUT2D eigenvalue weighted by molar-refractivity contribution is 6.46. The van der Waals surface area contributed by atoms with Crippen molar-refractivity contribution in [2.24, 2.45) is 0 Å². The molecule has 1 fully saturated rings. The maximum Gasteiger partial charge on any atom is 0.295 e. The summed E-state index contributed by atoms with van der Waals surface area (Å²) in [5.41, 5.74) is 2.48. The lowest BCUT2D eigenvalue weighted by atomic mass is 9.93. The predicted octanol–water partition coefficient (Wildman–Crippen LogP) is 3.87. The molecule has 1 atom stereocenters. The lowest BCUT2D eigenvalue weighted by molar-refractivity contribution is -0.140. The fourth-order valence-electron chi connectivity index (χ4n) is 4.35. The minimum absolute atomic E-state index is 0.0427. The van der Waals surface area contributed by atoms with Crippen LogP contribution in [0.3, 0.4) is 0 Å². The molecule has 1 aliphatic heterocycles. The molecule has 0 aromatic heterocycles. The molecule has 2 aromatic rings. The van der Waals surface area contributed by atoms with E-state index >= 15 is 0 Å². The summed E-state index contributed by atoms with van der Waals surface area (Å²) in [6, 6.07) is 7.41.